The van der Waals surface area contributed by atoms with Crippen molar-refractivity contribution in [3.05, 3.63) is 35.7 Å². The Morgan fingerprint density at radius 1 is 1.29 bits per heavy atom. The van der Waals surface area contributed by atoms with Gasteiger partial charge in [-0.2, -0.15) is 5.10 Å². The Morgan fingerprint density at radius 3 is 2.59 bits per heavy atom. The average molecular weight is 231 g/mol. The molecule has 1 aromatic heterocycles. The molecule has 0 spiro atoms. The number of benzene rings is 1. The molecule has 0 atom stereocenters. The molecule has 4 heteroatoms. The number of H-pyrrole nitrogens is 1. The molecular formula is C13H17N3O. The van der Waals surface area contributed by atoms with E-state index in [1.165, 1.54) is 5.56 Å². The third kappa shape index (κ3) is 2.31. The minimum absolute atomic E-state index is 0.756. The molecule has 0 aliphatic heterocycles. The summed E-state index contributed by atoms with van der Waals surface area (Å²) in [5, 5.41) is 10.5. The fourth-order valence-corrected chi connectivity index (χ4v) is 1.92. The third-order valence-corrected chi connectivity index (χ3v) is 2.75. The molecule has 0 unspecified atom stereocenters. The minimum atomic E-state index is 0.756. The number of aromatic amines is 1. The first-order valence-electron chi connectivity index (χ1n) is 5.59. The molecule has 1 heterocycles. The van der Waals surface area contributed by atoms with Crippen molar-refractivity contribution in [1.82, 2.24) is 15.5 Å². The first-order valence-corrected chi connectivity index (χ1v) is 5.59. The van der Waals surface area contributed by atoms with Crippen LogP contribution in [0.2, 0.25) is 0 Å². The van der Waals surface area contributed by atoms with E-state index in [1.54, 1.807) is 7.11 Å². The van der Waals surface area contributed by atoms with Crippen molar-refractivity contribution in [2.75, 3.05) is 14.2 Å². The number of hydrogen-bond acceptors (Lipinski definition) is 3. The molecule has 2 rings (SSSR count). The van der Waals surface area contributed by atoms with Gasteiger partial charge in [0.2, 0.25) is 0 Å². The van der Waals surface area contributed by atoms with Crippen LogP contribution in [0.4, 0.5) is 0 Å². The monoisotopic (exact) mass is 231 g/mol. The van der Waals surface area contributed by atoms with Gasteiger partial charge in [0.1, 0.15) is 5.75 Å². The van der Waals surface area contributed by atoms with Gasteiger partial charge in [0.15, 0.2) is 0 Å². The van der Waals surface area contributed by atoms with Crippen molar-refractivity contribution in [3.63, 3.8) is 0 Å². The topological polar surface area (TPSA) is 49.9 Å². The van der Waals surface area contributed by atoms with Gasteiger partial charge < -0.3 is 10.1 Å². The zero-order valence-electron chi connectivity index (χ0n) is 10.4. The van der Waals surface area contributed by atoms with Gasteiger partial charge in [-0.15, -0.1) is 0 Å². The number of ether oxygens (including phenoxy) is 1. The highest BCUT2D eigenvalue weighted by Crippen LogP contribution is 2.27. The summed E-state index contributed by atoms with van der Waals surface area (Å²) >= 11 is 0. The van der Waals surface area contributed by atoms with Crippen molar-refractivity contribution in [1.29, 1.82) is 0 Å². The number of rotatable bonds is 4. The average Bonchev–Trinajstić information content (AvgIpc) is 2.71. The van der Waals surface area contributed by atoms with Crippen LogP contribution in [-0.2, 0) is 6.54 Å². The number of aryl methyl sites for hydroxylation is 1. The lowest BCUT2D eigenvalue weighted by molar-refractivity contribution is 0.415. The predicted molar refractivity (Wildman–Crippen MR) is 68.1 cm³/mol. The van der Waals surface area contributed by atoms with Gasteiger partial charge >= 0.3 is 0 Å². The molecule has 2 N–H and O–H groups in total. The Balaban J connectivity index is 2.40. The van der Waals surface area contributed by atoms with Gasteiger partial charge in [-0.25, -0.2) is 0 Å². The van der Waals surface area contributed by atoms with Crippen LogP contribution >= 0.6 is 0 Å². The zero-order valence-corrected chi connectivity index (χ0v) is 10.4. The Bertz CT molecular complexity index is 488. The quantitative estimate of drug-likeness (QED) is 0.847. The van der Waals surface area contributed by atoms with Crippen molar-refractivity contribution in [3.8, 4) is 16.9 Å². The van der Waals surface area contributed by atoms with E-state index in [1.807, 2.05) is 26.1 Å². The second-order valence-electron chi connectivity index (χ2n) is 3.93. The molecule has 0 saturated carbocycles. The van der Waals surface area contributed by atoms with Gasteiger partial charge in [-0.1, -0.05) is 12.1 Å². The summed E-state index contributed by atoms with van der Waals surface area (Å²) in [7, 11) is 3.59. The predicted octanol–water partition coefficient (Wildman–Crippen LogP) is 2.11. The van der Waals surface area contributed by atoms with Gasteiger partial charge in [0.05, 0.1) is 12.8 Å². The maximum atomic E-state index is 5.16. The summed E-state index contributed by atoms with van der Waals surface area (Å²) in [6, 6.07) is 8.03. The number of nitrogens with one attached hydrogen (secondary N) is 2. The molecule has 0 aliphatic carbocycles. The highest BCUT2D eigenvalue weighted by atomic mass is 16.5. The Kier molecular flexibility index (Phi) is 3.44. The molecule has 17 heavy (non-hydrogen) atoms. The molecule has 0 bridgehead atoms. The zero-order chi connectivity index (χ0) is 12.3. The van der Waals surface area contributed by atoms with Crippen molar-refractivity contribution in [2.45, 2.75) is 13.5 Å². The van der Waals surface area contributed by atoms with Gasteiger partial charge in [-0.3, -0.25) is 5.10 Å². The summed E-state index contributed by atoms with van der Waals surface area (Å²) in [5.74, 6) is 0.866. The van der Waals surface area contributed by atoms with Crippen LogP contribution in [0, 0.1) is 6.92 Å². The lowest BCUT2D eigenvalue weighted by Crippen LogP contribution is -2.06. The summed E-state index contributed by atoms with van der Waals surface area (Å²) in [6.07, 6.45) is 0. The number of aromatic nitrogens is 2. The van der Waals surface area contributed by atoms with Crippen LogP contribution in [0.15, 0.2) is 24.3 Å². The second kappa shape index (κ2) is 5.01. The van der Waals surface area contributed by atoms with E-state index in [4.69, 9.17) is 4.74 Å². The SMILES string of the molecule is CNCc1n[nH]c(C)c1-c1ccc(OC)cc1. The van der Waals surface area contributed by atoms with E-state index >= 15 is 0 Å². The molecule has 0 aliphatic rings. The van der Waals surface area contributed by atoms with Crippen molar-refractivity contribution in [2.24, 2.45) is 0 Å². The first-order chi connectivity index (χ1) is 8.26. The molecule has 0 saturated heterocycles. The molecular weight excluding hydrogens is 214 g/mol. The standard InChI is InChI=1S/C13H17N3O/c1-9-13(12(8-14-2)16-15-9)10-4-6-11(17-3)7-5-10/h4-7,14H,8H2,1-3H3,(H,15,16). The molecule has 90 valence electrons. The number of methoxy groups -OCH3 is 1. The largest absolute Gasteiger partial charge is 0.497 e. The highest BCUT2D eigenvalue weighted by Gasteiger charge is 2.11. The van der Waals surface area contributed by atoms with Crippen LogP contribution in [0.25, 0.3) is 11.1 Å². The van der Waals surface area contributed by atoms with Gasteiger partial charge in [0, 0.05) is 17.8 Å². The first kappa shape index (κ1) is 11.7. The normalized spacial score (nSPS) is 10.5. The van der Waals surface area contributed by atoms with Crippen molar-refractivity contribution < 1.29 is 4.74 Å². The van der Waals surface area contributed by atoms with Crippen LogP contribution in [0.5, 0.6) is 5.75 Å². The molecule has 0 fully saturated rings. The molecule has 0 amide bonds. The van der Waals surface area contributed by atoms with Crippen LogP contribution < -0.4 is 10.1 Å². The van der Waals surface area contributed by atoms with Crippen LogP contribution in [-0.4, -0.2) is 24.4 Å². The summed E-state index contributed by atoms with van der Waals surface area (Å²) in [4.78, 5) is 0. The summed E-state index contributed by atoms with van der Waals surface area (Å²) in [6.45, 7) is 2.79. The van der Waals surface area contributed by atoms with Crippen LogP contribution in [0.1, 0.15) is 11.4 Å². The van der Waals surface area contributed by atoms with E-state index in [-0.39, 0.29) is 0 Å². The molecule has 1 aromatic carbocycles. The van der Waals surface area contributed by atoms with E-state index < -0.39 is 0 Å². The summed E-state index contributed by atoms with van der Waals surface area (Å²) < 4.78 is 5.16. The third-order valence-electron chi connectivity index (χ3n) is 2.75. The number of hydrogen-bond donors (Lipinski definition) is 2. The lowest BCUT2D eigenvalue weighted by atomic mass is 10.0. The van der Waals surface area contributed by atoms with E-state index in [2.05, 4.69) is 27.6 Å². The Hall–Kier alpha value is -1.81. The molecule has 2 aromatic rings. The second-order valence-corrected chi connectivity index (χ2v) is 3.93. The fourth-order valence-electron chi connectivity index (χ4n) is 1.92. The Morgan fingerprint density at radius 2 is 2.00 bits per heavy atom. The number of nitrogens with zero attached hydrogens (tertiary/aromatic N) is 1. The smallest absolute Gasteiger partial charge is 0.118 e. The minimum Gasteiger partial charge on any atom is -0.497 e. The summed E-state index contributed by atoms with van der Waals surface area (Å²) in [5.41, 5.74) is 4.44. The van der Waals surface area contributed by atoms with Gasteiger partial charge in [0.25, 0.3) is 0 Å². The fraction of sp³-hybridized carbons (Fsp3) is 0.308. The van der Waals surface area contributed by atoms with E-state index in [0.717, 1.165) is 29.2 Å². The van der Waals surface area contributed by atoms with Gasteiger partial charge in [-0.05, 0) is 31.7 Å². The molecule has 4 nitrogen and oxygen atoms in total. The van der Waals surface area contributed by atoms with E-state index in [9.17, 15) is 0 Å². The maximum Gasteiger partial charge on any atom is 0.118 e. The molecule has 0 radical (unpaired) electrons. The Labute approximate surface area is 101 Å². The lowest BCUT2D eigenvalue weighted by Gasteiger charge is -2.05. The van der Waals surface area contributed by atoms with Crippen LogP contribution in [0.3, 0.4) is 0 Å². The highest BCUT2D eigenvalue weighted by molar-refractivity contribution is 5.69. The van der Waals surface area contributed by atoms with Crippen molar-refractivity contribution >= 4 is 0 Å². The van der Waals surface area contributed by atoms with E-state index in [0.29, 0.717) is 0 Å². The maximum absolute atomic E-state index is 5.16.